The van der Waals surface area contributed by atoms with Crippen LogP contribution in [0, 0.1) is 11.3 Å². The molecule has 0 saturated heterocycles. The number of aromatic nitrogens is 2. The van der Waals surface area contributed by atoms with Crippen molar-refractivity contribution in [3.63, 3.8) is 0 Å². The van der Waals surface area contributed by atoms with Crippen molar-refractivity contribution < 1.29 is 9.53 Å². The van der Waals surface area contributed by atoms with Crippen LogP contribution in [0.25, 0.3) is 0 Å². The van der Waals surface area contributed by atoms with E-state index in [1.54, 1.807) is 36.1 Å². The van der Waals surface area contributed by atoms with Crippen molar-refractivity contribution in [3.8, 4) is 5.88 Å². The average Bonchev–Trinajstić information content (AvgIpc) is 3.38. The number of ether oxygens (including phenoxy) is 1. The second-order valence-electron chi connectivity index (χ2n) is 7.12. The fraction of sp³-hybridized carbons (Fsp3) is 0.421. The molecule has 6 heteroatoms. The van der Waals surface area contributed by atoms with E-state index >= 15 is 0 Å². The van der Waals surface area contributed by atoms with Gasteiger partial charge < -0.3 is 14.6 Å². The summed E-state index contributed by atoms with van der Waals surface area (Å²) in [6.07, 6.45) is 6.13. The lowest BCUT2D eigenvalue weighted by atomic mass is 9.71. The zero-order valence-corrected chi connectivity index (χ0v) is 14.2. The molecule has 0 unspecified atom stereocenters. The molecule has 2 saturated carbocycles. The third kappa shape index (κ3) is 3.16. The van der Waals surface area contributed by atoms with Crippen molar-refractivity contribution in [1.29, 1.82) is 0 Å². The second-order valence-corrected chi connectivity index (χ2v) is 7.12. The SMILES string of the molecule is COc1cccc(Cn2cccc(NC(=O)C3CC4(CC4)C3)c2=O)n1. The number of methoxy groups -OCH3 is 1. The van der Waals surface area contributed by atoms with Gasteiger partial charge in [-0.1, -0.05) is 6.07 Å². The minimum atomic E-state index is -0.221. The number of hydrogen-bond donors (Lipinski definition) is 1. The maximum atomic E-state index is 12.6. The highest BCUT2D eigenvalue weighted by Crippen LogP contribution is 2.63. The molecule has 0 atom stereocenters. The van der Waals surface area contributed by atoms with Gasteiger partial charge in [0.25, 0.3) is 5.56 Å². The van der Waals surface area contributed by atoms with E-state index in [0.29, 0.717) is 23.5 Å². The van der Waals surface area contributed by atoms with Crippen molar-refractivity contribution in [3.05, 3.63) is 52.6 Å². The Hall–Kier alpha value is -2.63. The highest BCUT2D eigenvalue weighted by molar-refractivity contribution is 5.93. The van der Waals surface area contributed by atoms with E-state index in [0.717, 1.165) is 18.5 Å². The highest BCUT2D eigenvalue weighted by Gasteiger charge is 2.54. The number of nitrogens with zero attached hydrogens (tertiary/aromatic N) is 2. The Morgan fingerprint density at radius 1 is 1.32 bits per heavy atom. The molecule has 0 radical (unpaired) electrons. The van der Waals surface area contributed by atoms with E-state index in [9.17, 15) is 9.59 Å². The van der Waals surface area contributed by atoms with E-state index in [-0.39, 0.29) is 17.4 Å². The molecule has 130 valence electrons. The van der Waals surface area contributed by atoms with Gasteiger partial charge >= 0.3 is 0 Å². The molecule has 1 amide bonds. The van der Waals surface area contributed by atoms with Gasteiger partial charge in [-0.15, -0.1) is 0 Å². The highest BCUT2D eigenvalue weighted by atomic mass is 16.5. The van der Waals surface area contributed by atoms with Crippen LogP contribution in [0.1, 0.15) is 31.4 Å². The number of pyridine rings is 2. The summed E-state index contributed by atoms with van der Waals surface area (Å²) in [5.41, 5.74) is 1.30. The molecule has 1 N–H and O–H groups in total. The van der Waals surface area contributed by atoms with Crippen LogP contribution >= 0.6 is 0 Å². The van der Waals surface area contributed by atoms with Gasteiger partial charge in [0.15, 0.2) is 0 Å². The number of nitrogens with one attached hydrogen (secondary N) is 1. The number of hydrogen-bond acceptors (Lipinski definition) is 4. The largest absolute Gasteiger partial charge is 0.481 e. The first-order valence-corrected chi connectivity index (χ1v) is 8.59. The lowest BCUT2D eigenvalue weighted by Crippen LogP contribution is -2.37. The average molecular weight is 339 g/mol. The van der Waals surface area contributed by atoms with Crippen molar-refractivity contribution in [2.45, 2.75) is 32.2 Å². The summed E-state index contributed by atoms with van der Waals surface area (Å²) in [6, 6.07) is 8.85. The lowest BCUT2D eigenvalue weighted by Gasteiger charge is -2.34. The summed E-state index contributed by atoms with van der Waals surface area (Å²) in [4.78, 5) is 29.3. The van der Waals surface area contributed by atoms with Gasteiger partial charge in [0.05, 0.1) is 19.3 Å². The van der Waals surface area contributed by atoms with Crippen LogP contribution in [-0.2, 0) is 11.3 Å². The molecule has 0 aromatic carbocycles. The van der Waals surface area contributed by atoms with Gasteiger partial charge in [0.2, 0.25) is 11.8 Å². The smallest absolute Gasteiger partial charge is 0.274 e. The Labute approximate surface area is 145 Å². The number of amides is 1. The topological polar surface area (TPSA) is 73.2 Å². The van der Waals surface area contributed by atoms with E-state index in [4.69, 9.17) is 4.74 Å². The number of rotatable bonds is 5. The minimum Gasteiger partial charge on any atom is -0.481 e. The quantitative estimate of drug-likeness (QED) is 0.908. The number of carbonyl (C=O) groups excluding carboxylic acids is 1. The van der Waals surface area contributed by atoms with Crippen molar-refractivity contribution in [2.24, 2.45) is 11.3 Å². The van der Waals surface area contributed by atoms with Crippen LogP contribution in [0.15, 0.2) is 41.3 Å². The van der Waals surface area contributed by atoms with Gasteiger partial charge in [-0.25, -0.2) is 4.98 Å². The van der Waals surface area contributed by atoms with E-state index in [1.807, 2.05) is 12.1 Å². The first kappa shape index (κ1) is 15.9. The molecule has 25 heavy (non-hydrogen) atoms. The summed E-state index contributed by atoms with van der Waals surface area (Å²) in [6.45, 7) is 0.326. The zero-order chi connectivity index (χ0) is 17.4. The summed E-state index contributed by atoms with van der Waals surface area (Å²) in [5, 5.41) is 2.81. The molecule has 2 aliphatic rings. The number of anilines is 1. The molecule has 0 aliphatic heterocycles. The minimum absolute atomic E-state index is 0.0353. The molecule has 2 fully saturated rings. The summed E-state index contributed by atoms with van der Waals surface area (Å²) in [5.74, 6) is 0.525. The molecule has 2 aliphatic carbocycles. The maximum Gasteiger partial charge on any atom is 0.274 e. The Bertz CT molecular complexity index is 862. The molecule has 0 bridgehead atoms. The van der Waals surface area contributed by atoms with E-state index in [2.05, 4.69) is 10.3 Å². The molecule has 2 aromatic heterocycles. The van der Waals surface area contributed by atoms with Crippen molar-refractivity contribution in [2.75, 3.05) is 12.4 Å². The summed E-state index contributed by atoms with van der Waals surface area (Å²) < 4.78 is 6.65. The van der Waals surface area contributed by atoms with Crippen LogP contribution in [0.5, 0.6) is 5.88 Å². The lowest BCUT2D eigenvalue weighted by molar-refractivity contribution is -0.124. The third-order valence-corrected chi connectivity index (χ3v) is 5.29. The van der Waals surface area contributed by atoms with E-state index < -0.39 is 0 Å². The van der Waals surface area contributed by atoms with E-state index in [1.165, 1.54) is 12.8 Å². The molecule has 1 spiro atoms. The molecule has 6 nitrogen and oxygen atoms in total. The standard InChI is InChI=1S/C19H21N3O3/c1-25-16-6-2-4-14(20-16)12-22-9-3-5-15(18(22)24)21-17(23)13-10-19(11-13)7-8-19/h2-6,9,13H,7-8,10-12H2,1H3,(H,21,23). The fourth-order valence-electron chi connectivity index (χ4n) is 3.58. The molecule has 2 heterocycles. The van der Waals surface area contributed by atoms with Gasteiger partial charge in [0, 0.05) is 18.2 Å². The van der Waals surface area contributed by atoms with Crippen molar-refractivity contribution in [1.82, 2.24) is 9.55 Å². The zero-order valence-electron chi connectivity index (χ0n) is 14.2. The second kappa shape index (κ2) is 6.02. The number of carbonyl (C=O) groups is 1. The monoisotopic (exact) mass is 339 g/mol. The van der Waals surface area contributed by atoms with Gasteiger partial charge in [-0.3, -0.25) is 9.59 Å². The first-order chi connectivity index (χ1) is 12.1. The Morgan fingerprint density at radius 3 is 2.84 bits per heavy atom. The van der Waals surface area contributed by atoms with Gasteiger partial charge in [0.1, 0.15) is 5.69 Å². The predicted molar refractivity (Wildman–Crippen MR) is 93.6 cm³/mol. The third-order valence-electron chi connectivity index (χ3n) is 5.29. The van der Waals surface area contributed by atoms with Crippen molar-refractivity contribution >= 4 is 11.6 Å². The van der Waals surface area contributed by atoms with Crippen LogP contribution in [0.3, 0.4) is 0 Å². The van der Waals surface area contributed by atoms with Crippen LogP contribution in [0.4, 0.5) is 5.69 Å². The van der Waals surface area contributed by atoms with Gasteiger partial charge in [-0.05, 0) is 49.3 Å². The summed E-state index contributed by atoms with van der Waals surface area (Å²) >= 11 is 0. The maximum absolute atomic E-state index is 12.6. The molecule has 2 aromatic rings. The van der Waals surface area contributed by atoms with Gasteiger partial charge in [-0.2, -0.15) is 0 Å². The normalized spacial score (nSPS) is 17.8. The first-order valence-electron chi connectivity index (χ1n) is 8.59. The fourth-order valence-corrected chi connectivity index (χ4v) is 3.58. The Kier molecular flexibility index (Phi) is 3.82. The summed E-state index contributed by atoms with van der Waals surface area (Å²) in [7, 11) is 1.56. The predicted octanol–water partition coefficient (Wildman–Crippen LogP) is 2.43. The van der Waals surface area contributed by atoms with Crippen LogP contribution < -0.4 is 15.6 Å². The Balaban J connectivity index is 1.47. The van der Waals surface area contributed by atoms with Crippen LogP contribution in [0.2, 0.25) is 0 Å². The van der Waals surface area contributed by atoms with Crippen LogP contribution in [-0.4, -0.2) is 22.6 Å². The molecular formula is C19H21N3O3. The molecule has 4 rings (SSSR count). The Morgan fingerprint density at radius 2 is 2.12 bits per heavy atom. The molecular weight excluding hydrogens is 318 g/mol.